The maximum absolute atomic E-state index is 10.7. The Kier molecular flexibility index (Phi) is 1.89. The molecule has 0 aromatic heterocycles. The number of hydrogen-bond donors (Lipinski definition) is 0. The highest BCUT2D eigenvalue weighted by Gasteiger charge is 2.16. The van der Waals surface area contributed by atoms with Crippen molar-refractivity contribution in [3.05, 3.63) is 23.5 Å². The van der Waals surface area contributed by atoms with Crippen molar-refractivity contribution in [2.75, 3.05) is 0 Å². The summed E-state index contributed by atoms with van der Waals surface area (Å²) in [5, 5.41) is 0. The van der Waals surface area contributed by atoms with Crippen LogP contribution in [0.3, 0.4) is 0 Å². The lowest BCUT2D eigenvalue weighted by Crippen LogP contribution is -1.95. The second-order valence-electron chi connectivity index (χ2n) is 2.37. The SMILES string of the molecule is CC(=O)/C=C1/C=C(C)C(=O)O1. The summed E-state index contributed by atoms with van der Waals surface area (Å²) in [6.07, 6.45) is 2.83. The highest BCUT2D eigenvalue weighted by Crippen LogP contribution is 2.15. The highest BCUT2D eigenvalue weighted by molar-refractivity contribution is 5.95. The van der Waals surface area contributed by atoms with Crippen molar-refractivity contribution in [2.24, 2.45) is 0 Å². The van der Waals surface area contributed by atoms with Gasteiger partial charge < -0.3 is 4.74 Å². The Morgan fingerprint density at radius 2 is 2.27 bits per heavy atom. The highest BCUT2D eigenvalue weighted by atomic mass is 16.5. The lowest BCUT2D eigenvalue weighted by molar-refractivity contribution is -0.133. The molecule has 1 aliphatic heterocycles. The van der Waals surface area contributed by atoms with E-state index >= 15 is 0 Å². The van der Waals surface area contributed by atoms with E-state index in [0.717, 1.165) is 0 Å². The van der Waals surface area contributed by atoms with Crippen molar-refractivity contribution in [3.8, 4) is 0 Å². The molecule has 0 aromatic carbocycles. The first-order valence-corrected chi connectivity index (χ1v) is 3.22. The van der Waals surface area contributed by atoms with Gasteiger partial charge in [-0.2, -0.15) is 0 Å². The number of allylic oxidation sites excluding steroid dienone is 2. The Morgan fingerprint density at radius 1 is 1.64 bits per heavy atom. The van der Waals surface area contributed by atoms with Crippen LogP contribution in [0.4, 0.5) is 0 Å². The maximum atomic E-state index is 10.7. The van der Waals surface area contributed by atoms with Crippen molar-refractivity contribution in [1.29, 1.82) is 0 Å². The maximum Gasteiger partial charge on any atom is 0.339 e. The van der Waals surface area contributed by atoms with E-state index in [-0.39, 0.29) is 11.8 Å². The minimum Gasteiger partial charge on any atom is -0.423 e. The first-order valence-electron chi connectivity index (χ1n) is 3.22. The fourth-order valence-corrected chi connectivity index (χ4v) is 0.761. The molecule has 1 aliphatic rings. The van der Waals surface area contributed by atoms with Gasteiger partial charge in [0.25, 0.3) is 0 Å². The predicted molar refractivity (Wildman–Crippen MR) is 38.6 cm³/mol. The van der Waals surface area contributed by atoms with Crippen LogP contribution in [0.15, 0.2) is 23.5 Å². The number of ether oxygens (including phenoxy) is 1. The van der Waals surface area contributed by atoms with E-state index in [1.807, 2.05) is 0 Å². The molecule has 58 valence electrons. The van der Waals surface area contributed by atoms with Crippen LogP contribution >= 0.6 is 0 Å². The van der Waals surface area contributed by atoms with Gasteiger partial charge in [-0.15, -0.1) is 0 Å². The molecule has 1 rings (SSSR count). The molecule has 1 heterocycles. The largest absolute Gasteiger partial charge is 0.423 e. The molecule has 0 amide bonds. The molecule has 0 spiro atoms. The van der Waals surface area contributed by atoms with Crippen LogP contribution in [-0.2, 0) is 14.3 Å². The van der Waals surface area contributed by atoms with Crippen LogP contribution in [0.1, 0.15) is 13.8 Å². The molecule has 0 fully saturated rings. The number of hydrogen-bond acceptors (Lipinski definition) is 3. The summed E-state index contributed by atoms with van der Waals surface area (Å²) in [7, 11) is 0. The Bertz CT molecular complexity index is 271. The standard InChI is InChI=1S/C8H8O3/c1-5-3-7(4-6(2)9)11-8(5)10/h3-4H,1-2H3/b7-4-. The van der Waals surface area contributed by atoms with Gasteiger partial charge in [-0.1, -0.05) is 0 Å². The van der Waals surface area contributed by atoms with Crippen molar-refractivity contribution >= 4 is 11.8 Å². The summed E-state index contributed by atoms with van der Waals surface area (Å²) in [6.45, 7) is 3.05. The van der Waals surface area contributed by atoms with Gasteiger partial charge in [-0.05, 0) is 19.9 Å². The fraction of sp³-hybridized carbons (Fsp3) is 0.250. The Balaban J connectivity index is 2.83. The van der Waals surface area contributed by atoms with Gasteiger partial charge in [0, 0.05) is 11.6 Å². The van der Waals surface area contributed by atoms with Gasteiger partial charge in [0.15, 0.2) is 5.78 Å². The third-order valence-electron chi connectivity index (χ3n) is 1.24. The molecule has 0 N–H and O–H groups in total. The molecule has 0 saturated heterocycles. The van der Waals surface area contributed by atoms with Gasteiger partial charge in [0.1, 0.15) is 5.76 Å². The zero-order chi connectivity index (χ0) is 8.43. The second-order valence-corrected chi connectivity index (χ2v) is 2.37. The van der Waals surface area contributed by atoms with Crippen LogP contribution in [0.5, 0.6) is 0 Å². The van der Waals surface area contributed by atoms with Gasteiger partial charge in [0.05, 0.1) is 0 Å². The van der Waals surface area contributed by atoms with E-state index in [9.17, 15) is 9.59 Å². The minimum absolute atomic E-state index is 0.126. The van der Waals surface area contributed by atoms with Crippen LogP contribution in [0, 0.1) is 0 Å². The summed E-state index contributed by atoms with van der Waals surface area (Å²) in [6, 6.07) is 0. The first kappa shape index (κ1) is 7.72. The van der Waals surface area contributed by atoms with Crippen molar-refractivity contribution in [2.45, 2.75) is 13.8 Å². The lowest BCUT2D eigenvalue weighted by atomic mass is 10.3. The summed E-state index contributed by atoms with van der Waals surface area (Å²) >= 11 is 0. The van der Waals surface area contributed by atoms with Crippen LogP contribution in [0.25, 0.3) is 0 Å². The monoisotopic (exact) mass is 152 g/mol. The molecule has 0 aromatic rings. The van der Waals surface area contributed by atoms with E-state index < -0.39 is 0 Å². The van der Waals surface area contributed by atoms with E-state index in [0.29, 0.717) is 11.3 Å². The predicted octanol–water partition coefficient (Wildman–Crippen LogP) is 0.962. The van der Waals surface area contributed by atoms with Gasteiger partial charge in [-0.3, -0.25) is 4.79 Å². The normalized spacial score (nSPS) is 20.0. The molecule has 3 heteroatoms. The Labute approximate surface area is 64.3 Å². The summed E-state index contributed by atoms with van der Waals surface area (Å²) in [5.41, 5.74) is 0.525. The van der Waals surface area contributed by atoms with Gasteiger partial charge >= 0.3 is 5.97 Å². The number of rotatable bonds is 1. The van der Waals surface area contributed by atoms with E-state index in [1.54, 1.807) is 13.0 Å². The quantitative estimate of drug-likeness (QED) is 0.415. The number of esters is 1. The van der Waals surface area contributed by atoms with E-state index in [2.05, 4.69) is 0 Å². The first-order chi connectivity index (χ1) is 5.09. The van der Waals surface area contributed by atoms with Crippen molar-refractivity contribution in [3.63, 3.8) is 0 Å². The minimum atomic E-state index is -0.377. The van der Waals surface area contributed by atoms with Crippen molar-refractivity contribution < 1.29 is 14.3 Å². The second kappa shape index (κ2) is 2.70. The smallest absolute Gasteiger partial charge is 0.339 e. The molecular weight excluding hydrogens is 144 g/mol. The lowest BCUT2D eigenvalue weighted by Gasteiger charge is -1.91. The molecule has 0 aliphatic carbocycles. The average molecular weight is 152 g/mol. The molecule has 0 saturated carbocycles. The number of carbonyl (C=O) groups is 2. The summed E-state index contributed by atoms with van der Waals surface area (Å²) < 4.78 is 4.69. The van der Waals surface area contributed by atoms with Crippen LogP contribution < -0.4 is 0 Å². The molecule has 0 unspecified atom stereocenters. The fourth-order valence-electron chi connectivity index (χ4n) is 0.761. The average Bonchev–Trinajstić information content (AvgIpc) is 2.10. The zero-order valence-electron chi connectivity index (χ0n) is 6.38. The summed E-state index contributed by atoms with van der Waals surface area (Å²) in [5.74, 6) is -0.170. The van der Waals surface area contributed by atoms with E-state index in [1.165, 1.54) is 13.0 Å². The summed E-state index contributed by atoms with van der Waals surface area (Å²) in [4.78, 5) is 21.2. The third kappa shape index (κ3) is 1.77. The zero-order valence-corrected chi connectivity index (χ0v) is 6.38. The third-order valence-corrected chi connectivity index (χ3v) is 1.24. The van der Waals surface area contributed by atoms with Crippen molar-refractivity contribution in [1.82, 2.24) is 0 Å². The van der Waals surface area contributed by atoms with E-state index in [4.69, 9.17) is 4.74 Å². The van der Waals surface area contributed by atoms with Gasteiger partial charge in [0.2, 0.25) is 0 Å². The molecule has 0 radical (unpaired) electrons. The van der Waals surface area contributed by atoms with Crippen LogP contribution in [0.2, 0.25) is 0 Å². The molecule has 0 bridgehead atoms. The number of cyclic esters (lactones) is 1. The van der Waals surface area contributed by atoms with Crippen LogP contribution in [-0.4, -0.2) is 11.8 Å². The topological polar surface area (TPSA) is 43.4 Å². The Morgan fingerprint density at radius 3 is 2.64 bits per heavy atom. The molecule has 11 heavy (non-hydrogen) atoms. The molecule has 0 atom stereocenters. The van der Waals surface area contributed by atoms with Gasteiger partial charge in [-0.25, -0.2) is 4.79 Å². The number of ketones is 1. The Hall–Kier alpha value is -1.38. The number of carbonyl (C=O) groups excluding carboxylic acids is 2. The molecule has 3 nitrogen and oxygen atoms in total. The molecular formula is C8H8O3.